The normalized spacial score (nSPS) is 9.93. The first-order valence-corrected chi connectivity index (χ1v) is 5.05. The number of hydrogen-bond donors (Lipinski definition) is 1. The Morgan fingerprint density at radius 3 is 2.60 bits per heavy atom. The number of nitrogens with zero attached hydrogens (tertiary/aromatic N) is 1. The van der Waals surface area contributed by atoms with Crippen molar-refractivity contribution in [2.45, 2.75) is 13.5 Å². The first-order valence-electron chi connectivity index (χ1n) is 5.05. The zero-order chi connectivity index (χ0) is 10.5. The van der Waals surface area contributed by atoms with Crippen molar-refractivity contribution < 1.29 is 0 Å². The highest BCUT2D eigenvalue weighted by Gasteiger charge is 1.96. The maximum absolute atomic E-state index is 4.26. The molecule has 0 fully saturated rings. The molecule has 15 heavy (non-hydrogen) atoms. The highest BCUT2D eigenvalue weighted by atomic mass is 14.9. The molecule has 0 radical (unpaired) electrons. The summed E-state index contributed by atoms with van der Waals surface area (Å²) in [6.07, 6.45) is 1.81. The van der Waals surface area contributed by atoms with Crippen LogP contribution in [0.25, 0.3) is 0 Å². The van der Waals surface area contributed by atoms with Crippen LogP contribution in [0.1, 0.15) is 11.3 Å². The fraction of sp³-hybridized carbons (Fsp3) is 0.154. The Bertz CT molecular complexity index is 424. The zero-order valence-corrected chi connectivity index (χ0v) is 8.77. The van der Waals surface area contributed by atoms with Crippen LogP contribution in [0.15, 0.2) is 48.7 Å². The smallest absolute Gasteiger partial charge is 0.0594 e. The van der Waals surface area contributed by atoms with Crippen LogP contribution in [0.2, 0.25) is 0 Å². The van der Waals surface area contributed by atoms with Crippen LogP contribution in [-0.4, -0.2) is 4.98 Å². The van der Waals surface area contributed by atoms with Crippen molar-refractivity contribution >= 4 is 5.69 Å². The average molecular weight is 198 g/mol. The predicted octanol–water partition coefficient (Wildman–Crippen LogP) is 3.00. The summed E-state index contributed by atoms with van der Waals surface area (Å²) < 4.78 is 0. The molecule has 0 atom stereocenters. The van der Waals surface area contributed by atoms with Crippen LogP contribution in [0.3, 0.4) is 0 Å². The zero-order valence-electron chi connectivity index (χ0n) is 8.77. The Balaban J connectivity index is 2.03. The molecule has 0 saturated heterocycles. The highest BCUT2D eigenvalue weighted by Crippen LogP contribution is 2.13. The van der Waals surface area contributed by atoms with E-state index in [0.29, 0.717) is 0 Å². The molecule has 0 aliphatic carbocycles. The lowest BCUT2D eigenvalue weighted by molar-refractivity contribution is 1.04. The van der Waals surface area contributed by atoms with Crippen molar-refractivity contribution in [2.24, 2.45) is 0 Å². The second kappa shape index (κ2) is 4.60. The van der Waals surface area contributed by atoms with Crippen LogP contribution in [0.5, 0.6) is 0 Å². The van der Waals surface area contributed by atoms with Crippen molar-refractivity contribution in [1.82, 2.24) is 4.98 Å². The number of para-hydroxylation sites is 1. The summed E-state index contributed by atoms with van der Waals surface area (Å²) in [4.78, 5) is 4.26. The van der Waals surface area contributed by atoms with E-state index in [-0.39, 0.29) is 0 Å². The van der Waals surface area contributed by atoms with E-state index in [1.807, 2.05) is 36.5 Å². The van der Waals surface area contributed by atoms with Crippen LogP contribution in [-0.2, 0) is 6.54 Å². The van der Waals surface area contributed by atoms with Gasteiger partial charge in [0.2, 0.25) is 0 Å². The number of rotatable bonds is 3. The third-order valence-electron chi connectivity index (χ3n) is 2.33. The Labute approximate surface area is 90.0 Å². The largest absolute Gasteiger partial charge is 0.379 e. The van der Waals surface area contributed by atoms with Gasteiger partial charge in [0.15, 0.2) is 0 Å². The monoisotopic (exact) mass is 198 g/mol. The molecule has 0 spiro atoms. The molecule has 76 valence electrons. The molecule has 1 heterocycles. The number of benzene rings is 1. The van der Waals surface area contributed by atoms with Gasteiger partial charge in [0.05, 0.1) is 12.2 Å². The molecule has 2 aromatic rings. The van der Waals surface area contributed by atoms with Gasteiger partial charge in [-0.25, -0.2) is 0 Å². The minimum Gasteiger partial charge on any atom is -0.379 e. The molecule has 0 saturated carbocycles. The molecule has 0 aliphatic heterocycles. The van der Waals surface area contributed by atoms with Crippen molar-refractivity contribution in [2.75, 3.05) is 5.32 Å². The highest BCUT2D eigenvalue weighted by molar-refractivity contribution is 5.50. The second-order valence-electron chi connectivity index (χ2n) is 3.49. The number of aryl methyl sites for hydroxylation is 1. The molecule has 0 unspecified atom stereocenters. The Hall–Kier alpha value is -1.83. The van der Waals surface area contributed by atoms with E-state index in [0.717, 1.165) is 12.2 Å². The maximum Gasteiger partial charge on any atom is 0.0594 e. The summed E-state index contributed by atoms with van der Waals surface area (Å²) in [6, 6.07) is 14.2. The van der Waals surface area contributed by atoms with Gasteiger partial charge in [-0.1, -0.05) is 24.3 Å². The van der Waals surface area contributed by atoms with Gasteiger partial charge < -0.3 is 5.32 Å². The van der Waals surface area contributed by atoms with Crippen molar-refractivity contribution in [3.63, 3.8) is 0 Å². The topological polar surface area (TPSA) is 24.9 Å². The molecule has 1 N–H and O–H groups in total. The quantitative estimate of drug-likeness (QED) is 0.820. The van der Waals surface area contributed by atoms with Crippen molar-refractivity contribution in [3.8, 4) is 0 Å². The van der Waals surface area contributed by atoms with Crippen LogP contribution < -0.4 is 5.32 Å². The molecular formula is C13H14N2. The lowest BCUT2D eigenvalue weighted by Gasteiger charge is -2.08. The first-order chi connectivity index (χ1) is 7.36. The fourth-order valence-electron chi connectivity index (χ4n) is 1.46. The number of nitrogens with one attached hydrogen (secondary N) is 1. The molecule has 2 nitrogen and oxygen atoms in total. The molecule has 0 aliphatic rings. The van der Waals surface area contributed by atoms with E-state index in [9.17, 15) is 0 Å². The molecule has 2 heteroatoms. The lowest BCUT2D eigenvalue weighted by Crippen LogP contribution is -2.02. The van der Waals surface area contributed by atoms with E-state index < -0.39 is 0 Å². The van der Waals surface area contributed by atoms with Crippen LogP contribution >= 0.6 is 0 Å². The van der Waals surface area contributed by atoms with Gasteiger partial charge >= 0.3 is 0 Å². The Kier molecular flexibility index (Phi) is 2.98. The second-order valence-corrected chi connectivity index (χ2v) is 3.49. The van der Waals surface area contributed by atoms with E-state index in [1.165, 1.54) is 11.3 Å². The molecule has 0 amide bonds. The SMILES string of the molecule is Cc1ccccc1NCc1ccccn1. The summed E-state index contributed by atoms with van der Waals surface area (Å²) in [5.74, 6) is 0. The predicted molar refractivity (Wildman–Crippen MR) is 62.7 cm³/mol. The standard InChI is InChI=1S/C13H14N2/c1-11-6-2-3-8-13(11)15-10-12-7-4-5-9-14-12/h2-9,15H,10H2,1H3. The Morgan fingerprint density at radius 2 is 1.87 bits per heavy atom. The summed E-state index contributed by atoms with van der Waals surface area (Å²) >= 11 is 0. The van der Waals surface area contributed by atoms with Crippen LogP contribution in [0, 0.1) is 6.92 Å². The third-order valence-corrected chi connectivity index (χ3v) is 2.33. The maximum atomic E-state index is 4.26. The third kappa shape index (κ3) is 2.56. The van der Waals surface area contributed by atoms with Gasteiger partial charge in [0.1, 0.15) is 0 Å². The fourth-order valence-corrected chi connectivity index (χ4v) is 1.46. The molecule has 0 bridgehead atoms. The van der Waals surface area contributed by atoms with Gasteiger partial charge in [0, 0.05) is 11.9 Å². The lowest BCUT2D eigenvalue weighted by atomic mass is 10.2. The molecule has 2 rings (SSSR count). The van der Waals surface area contributed by atoms with Gasteiger partial charge in [0.25, 0.3) is 0 Å². The summed E-state index contributed by atoms with van der Waals surface area (Å²) in [5, 5.41) is 3.37. The van der Waals surface area contributed by atoms with Crippen molar-refractivity contribution in [1.29, 1.82) is 0 Å². The molecule has 1 aromatic heterocycles. The average Bonchev–Trinajstić information content (AvgIpc) is 2.29. The van der Waals surface area contributed by atoms with E-state index in [1.54, 1.807) is 0 Å². The molecule has 1 aromatic carbocycles. The summed E-state index contributed by atoms with van der Waals surface area (Å²) in [6.45, 7) is 2.87. The van der Waals surface area contributed by atoms with Gasteiger partial charge in [-0.2, -0.15) is 0 Å². The number of anilines is 1. The van der Waals surface area contributed by atoms with Crippen LogP contribution in [0.4, 0.5) is 5.69 Å². The number of hydrogen-bond acceptors (Lipinski definition) is 2. The van der Waals surface area contributed by atoms with Gasteiger partial charge in [-0.15, -0.1) is 0 Å². The minimum absolute atomic E-state index is 0.770. The minimum atomic E-state index is 0.770. The van der Waals surface area contributed by atoms with Gasteiger partial charge in [-0.3, -0.25) is 4.98 Å². The number of aromatic nitrogens is 1. The first kappa shape index (κ1) is 9.71. The van der Waals surface area contributed by atoms with E-state index in [2.05, 4.69) is 29.4 Å². The van der Waals surface area contributed by atoms with Crippen molar-refractivity contribution in [3.05, 3.63) is 59.9 Å². The summed E-state index contributed by atoms with van der Waals surface area (Å²) in [5.41, 5.74) is 3.48. The summed E-state index contributed by atoms with van der Waals surface area (Å²) in [7, 11) is 0. The molecular weight excluding hydrogens is 184 g/mol. The van der Waals surface area contributed by atoms with Gasteiger partial charge in [-0.05, 0) is 30.7 Å². The van der Waals surface area contributed by atoms with E-state index >= 15 is 0 Å². The van der Waals surface area contributed by atoms with E-state index in [4.69, 9.17) is 0 Å². The number of pyridine rings is 1. The Morgan fingerprint density at radius 1 is 1.07 bits per heavy atom.